The normalized spacial score (nSPS) is 14.7. The lowest BCUT2D eigenvalue weighted by Gasteiger charge is -2.34. The number of thiocarbonyl (C=S) groups is 1. The van der Waals surface area contributed by atoms with Gasteiger partial charge >= 0.3 is 0 Å². The predicted molar refractivity (Wildman–Crippen MR) is 111 cm³/mol. The largest absolute Gasteiger partial charge is 0.349 e. The predicted octanol–water partition coefficient (Wildman–Crippen LogP) is 4.03. The van der Waals surface area contributed by atoms with Crippen molar-refractivity contribution in [3.05, 3.63) is 65.0 Å². The van der Waals surface area contributed by atoms with E-state index in [1.807, 2.05) is 6.07 Å². The molecule has 0 radical (unpaired) electrons. The van der Waals surface area contributed by atoms with Crippen molar-refractivity contribution in [2.24, 2.45) is 0 Å². The van der Waals surface area contributed by atoms with Gasteiger partial charge < -0.3 is 15.5 Å². The highest BCUT2D eigenvalue weighted by molar-refractivity contribution is 7.80. The standard InChI is InChI=1S/C21H24FN3OS/c1-14-7-8-19(15(2)13-14)24-21(27)25-11-9-16(10-12-25)23-20(26)17-5-3-4-6-18(17)22/h3-8,13,16H,9-12H2,1-2H3,(H,23,26)(H,24,27). The number of halogens is 1. The van der Waals surface area contributed by atoms with Crippen LogP contribution in [-0.4, -0.2) is 35.1 Å². The molecule has 2 aromatic rings. The number of hydrogen-bond acceptors (Lipinski definition) is 2. The first-order chi connectivity index (χ1) is 12.9. The van der Waals surface area contributed by atoms with E-state index in [2.05, 4.69) is 41.5 Å². The minimum Gasteiger partial charge on any atom is -0.349 e. The first-order valence-electron chi connectivity index (χ1n) is 9.12. The van der Waals surface area contributed by atoms with Gasteiger partial charge in [-0.2, -0.15) is 0 Å². The van der Waals surface area contributed by atoms with Crippen LogP contribution in [0.4, 0.5) is 10.1 Å². The lowest BCUT2D eigenvalue weighted by Crippen LogP contribution is -2.47. The zero-order valence-corrected chi connectivity index (χ0v) is 16.4. The first kappa shape index (κ1) is 19.3. The highest BCUT2D eigenvalue weighted by Gasteiger charge is 2.23. The molecule has 2 N–H and O–H groups in total. The fourth-order valence-electron chi connectivity index (χ4n) is 3.28. The summed E-state index contributed by atoms with van der Waals surface area (Å²) >= 11 is 5.55. The fraction of sp³-hybridized carbons (Fsp3) is 0.333. The van der Waals surface area contributed by atoms with E-state index < -0.39 is 5.82 Å². The molecule has 6 heteroatoms. The van der Waals surface area contributed by atoms with Crippen LogP contribution in [0.1, 0.15) is 34.3 Å². The van der Waals surface area contributed by atoms with Gasteiger partial charge in [-0.1, -0.05) is 29.8 Å². The number of anilines is 1. The Labute approximate surface area is 164 Å². The topological polar surface area (TPSA) is 44.4 Å². The van der Waals surface area contributed by atoms with Crippen LogP contribution in [-0.2, 0) is 0 Å². The Morgan fingerprint density at radius 2 is 1.85 bits per heavy atom. The summed E-state index contributed by atoms with van der Waals surface area (Å²) in [6, 6.07) is 12.3. The summed E-state index contributed by atoms with van der Waals surface area (Å²) in [5.74, 6) is -0.853. The Hall–Kier alpha value is -2.47. The van der Waals surface area contributed by atoms with Crippen molar-refractivity contribution in [2.75, 3.05) is 18.4 Å². The second kappa shape index (κ2) is 8.48. The number of likely N-dealkylation sites (tertiary alicyclic amines) is 1. The van der Waals surface area contributed by atoms with E-state index in [-0.39, 0.29) is 17.5 Å². The summed E-state index contributed by atoms with van der Waals surface area (Å²) < 4.78 is 13.7. The molecular formula is C21H24FN3OS. The molecule has 1 fully saturated rings. The number of aryl methyl sites for hydroxylation is 2. The van der Waals surface area contributed by atoms with Crippen molar-refractivity contribution in [1.29, 1.82) is 0 Å². The number of benzene rings is 2. The summed E-state index contributed by atoms with van der Waals surface area (Å²) in [7, 11) is 0. The molecule has 0 aromatic heterocycles. The van der Waals surface area contributed by atoms with Crippen molar-refractivity contribution < 1.29 is 9.18 Å². The maximum atomic E-state index is 13.7. The Bertz CT molecular complexity index is 847. The average molecular weight is 386 g/mol. The molecule has 4 nitrogen and oxygen atoms in total. The van der Waals surface area contributed by atoms with E-state index in [4.69, 9.17) is 12.2 Å². The summed E-state index contributed by atoms with van der Waals surface area (Å²) in [5, 5.41) is 6.94. The molecule has 3 rings (SSSR count). The first-order valence-corrected chi connectivity index (χ1v) is 9.53. The van der Waals surface area contributed by atoms with Gasteiger partial charge in [-0.15, -0.1) is 0 Å². The molecule has 1 aliphatic rings. The van der Waals surface area contributed by atoms with E-state index in [0.29, 0.717) is 5.11 Å². The highest BCUT2D eigenvalue weighted by Crippen LogP contribution is 2.18. The monoisotopic (exact) mass is 385 g/mol. The second-order valence-corrected chi connectivity index (χ2v) is 7.35. The van der Waals surface area contributed by atoms with Crippen molar-refractivity contribution >= 4 is 28.9 Å². The third-order valence-corrected chi connectivity index (χ3v) is 5.22. The number of hydrogen-bond donors (Lipinski definition) is 2. The molecule has 1 aliphatic heterocycles. The molecule has 0 bridgehead atoms. The molecule has 1 heterocycles. The Morgan fingerprint density at radius 3 is 2.52 bits per heavy atom. The zero-order valence-electron chi connectivity index (χ0n) is 15.6. The summed E-state index contributed by atoms with van der Waals surface area (Å²) in [6.45, 7) is 5.62. The van der Waals surface area contributed by atoms with E-state index in [1.54, 1.807) is 12.1 Å². The van der Waals surface area contributed by atoms with Crippen molar-refractivity contribution in [3.8, 4) is 0 Å². The van der Waals surface area contributed by atoms with Gasteiger partial charge in [0, 0.05) is 24.8 Å². The third kappa shape index (κ3) is 4.83. The quantitative estimate of drug-likeness (QED) is 0.783. The van der Waals surface area contributed by atoms with Gasteiger partial charge in [-0.05, 0) is 62.7 Å². The van der Waals surface area contributed by atoms with Crippen LogP contribution in [0.2, 0.25) is 0 Å². The third-order valence-electron chi connectivity index (χ3n) is 4.86. The van der Waals surface area contributed by atoms with Gasteiger partial charge in [0.15, 0.2) is 5.11 Å². The fourth-order valence-corrected chi connectivity index (χ4v) is 3.58. The molecule has 0 atom stereocenters. The van der Waals surface area contributed by atoms with Gasteiger partial charge in [0.2, 0.25) is 0 Å². The molecule has 0 spiro atoms. The van der Waals surface area contributed by atoms with E-state index in [1.165, 1.54) is 17.7 Å². The minimum absolute atomic E-state index is 0.0252. The van der Waals surface area contributed by atoms with Gasteiger partial charge in [-0.25, -0.2) is 4.39 Å². The van der Waals surface area contributed by atoms with Crippen LogP contribution < -0.4 is 10.6 Å². The number of nitrogens with one attached hydrogen (secondary N) is 2. The second-order valence-electron chi connectivity index (χ2n) is 6.96. The molecule has 2 aromatic carbocycles. The number of amides is 1. The van der Waals surface area contributed by atoms with Gasteiger partial charge in [-0.3, -0.25) is 4.79 Å². The summed E-state index contributed by atoms with van der Waals surface area (Å²) in [4.78, 5) is 14.4. The molecule has 1 saturated heterocycles. The highest BCUT2D eigenvalue weighted by atomic mass is 32.1. The lowest BCUT2D eigenvalue weighted by molar-refractivity contribution is 0.0918. The van der Waals surface area contributed by atoms with Crippen LogP contribution in [0.25, 0.3) is 0 Å². The average Bonchev–Trinajstić information content (AvgIpc) is 2.65. The van der Waals surface area contributed by atoms with Gasteiger partial charge in [0.1, 0.15) is 5.82 Å². The zero-order chi connectivity index (χ0) is 19.4. The molecule has 27 heavy (non-hydrogen) atoms. The molecule has 0 saturated carbocycles. The number of piperidine rings is 1. The maximum absolute atomic E-state index is 13.7. The smallest absolute Gasteiger partial charge is 0.254 e. The Balaban J connectivity index is 1.52. The van der Waals surface area contributed by atoms with E-state index >= 15 is 0 Å². The number of carbonyl (C=O) groups excluding carboxylic acids is 1. The number of rotatable bonds is 3. The number of carbonyl (C=O) groups is 1. The number of nitrogens with zero attached hydrogens (tertiary/aromatic N) is 1. The van der Waals surface area contributed by atoms with Crippen molar-refractivity contribution in [2.45, 2.75) is 32.7 Å². The molecular weight excluding hydrogens is 361 g/mol. The van der Waals surface area contributed by atoms with Gasteiger partial charge in [0.25, 0.3) is 5.91 Å². The summed E-state index contributed by atoms with van der Waals surface area (Å²) in [6.07, 6.45) is 1.55. The van der Waals surface area contributed by atoms with Crippen molar-refractivity contribution in [3.63, 3.8) is 0 Å². The van der Waals surface area contributed by atoms with Gasteiger partial charge in [0.05, 0.1) is 5.56 Å². The molecule has 1 amide bonds. The van der Waals surface area contributed by atoms with E-state index in [0.717, 1.165) is 37.2 Å². The minimum atomic E-state index is -0.494. The molecule has 0 aliphatic carbocycles. The van der Waals surface area contributed by atoms with E-state index in [9.17, 15) is 9.18 Å². The lowest BCUT2D eigenvalue weighted by atomic mass is 10.0. The Morgan fingerprint density at radius 1 is 1.15 bits per heavy atom. The summed E-state index contributed by atoms with van der Waals surface area (Å²) in [5.41, 5.74) is 3.48. The van der Waals surface area contributed by atoms with Crippen LogP contribution in [0, 0.1) is 19.7 Å². The van der Waals surface area contributed by atoms with Crippen LogP contribution in [0.5, 0.6) is 0 Å². The van der Waals surface area contributed by atoms with Crippen molar-refractivity contribution in [1.82, 2.24) is 10.2 Å². The van der Waals surface area contributed by atoms with Crippen LogP contribution in [0.15, 0.2) is 42.5 Å². The molecule has 0 unspecified atom stereocenters. The van der Waals surface area contributed by atoms with Crippen LogP contribution >= 0.6 is 12.2 Å². The Kier molecular flexibility index (Phi) is 6.06. The molecule has 142 valence electrons. The maximum Gasteiger partial charge on any atom is 0.254 e. The van der Waals surface area contributed by atoms with Crippen LogP contribution in [0.3, 0.4) is 0 Å². The SMILES string of the molecule is Cc1ccc(NC(=S)N2CCC(NC(=O)c3ccccc3F)CC2)c(C)c1.